The van der Waals surface area contributed by atoms with Gasteiger partial charge in [0.05, 0.1) is 5.75 Å². The first-order valence-corrected chi connectivity index (χ1v) is 12.3. The number of benzene rings is 2. The molecule has 3 amide bonds. The average molecular weight is 497 g/mol. The summed E-state index contributed by atoms with van der Waals surface area (Å²) in [7, 11) is 1.85. The Bertz CT molecular complexity index is 1190. The normalized spacial score (nSPS) is 12.2. The van der Waals surface area contributed by atoms with E-state index in [-0.39, 0.29) is 5.75 Å². The van der Waals surface area contributed by atoms with Crippen molar-refractivity contribution in [2.24, 2.45) is 7.05 Å². The monoisotopic (exact) mass is 496 g/mol. The van der Waals surface area contributed by atoms with Crippen molar-refractivity contribution in [2.45, 2.75) is 19.0 Å². The van der Waals surface area contributed by atoms with Crippen LogP contribution in [0, 0.1) is 0 Å². The number of anilines is 2. The molecule has 0 bridgehead atoms. The van der Waals surface area contributed by atoms with Crippen molar-refractivity contribution in [3.8, 4) is 22.9 Å². The molecule has 1 aliphatic heterocycles. The number of urea groups is 1. The van der Waals surface area contributed by atoms with Gasteiger partial charge >= 0.3 is 6.03 Å². The molecule has 11 heteroatoms. The zero-order valence-electron chi connectivity index (χ0n) is 19.9. The highest BCUT2D eigenvalue weighted by molar-refractivity contribution is 7.99. The molecular weight excluding hydrogens is 468 g/mol. The standard InChI is InChI=1S/C24H28N6O4S/c1-4-30(5-2)18-9-6-16(7-10-18)22-27-28-24(29(22)3)35-15-21(31)26-23(32)25-17-8-11-19-20(14-17)34-13-12-33-19/h6-11,14H,4-5,12-13,15H2,1-3H3,(H2,25,26,31,32). The van der Waals surface area contributed by atoms with Gasteiger partial charge in [0.25, 0.3) is 0 Å². The lowest BCUT2D eigenvalue weighted by Gasteiger charge is -2.21. The van der Waals surface area contributed by atoms with E-state index in [2.05, 4.69) is 51.7 Å². The second-order valence-corrected chi connectivity index (χ2v) is 8.68. The Balaban J connectivity index is 1.30. The third-order valence-corrected chi connectivity index (χ3v) is 6.49. The highest BCUT2D eigenvalue weighted by Crippen LogP contribution is 2.32. The fraction of sp³-hybridized carbons (Fsp3) is 0.333. The number of aromatic nitrogens is 3. The zero-order valence-corrected chi connectivity index (χ0v) is 20.7. The maximum absolute atomic E-state index is 12.3. The highest BCUT2D eigenvalue weighted by atomic mass is 32.2. The summed E-state index contributed by atoms with van der Waals surface area (Å²) >= 11 is 1.21. The lowest BCUT2D eigenvalue weighted by Crippen LogP contribution is -2.35. The molecule has 1 aromatic heterocycles. The van der Waals surface area contributed by atoms with Gasteiger partial charge in [-0.25, -0.2) is 4.79 Å². The van der Waals surface area contributed by atoms with E-state index < -0.39 is 11.9 Å². The number of amides is 3. The quantitative estimate of drug-likeness (QED) is 0.456. The molecule has 184 valence electrons. The first kappa shape index (κ1) is 24.4. The number of thioether (sulfide) groups is 1. The minimum Gasteiger partial charge on any atom is -0.486 e. The van der Waals surface area contributed by atoms with Crippen LogP contribution in [-0.4, -0.2) is 58.8 Å². The number of nitrogens with zero attached hydrogens (tertiary/aromatic N) is 4. The molecule has 35 heavy (non-hydrogen) atoms. The fourth-order valence-electron chi connectivity index (χ4n) is 3.68. The van der Waals surface area contributed by atoms with E-state index in [0.717, 1.165) is 24.3 Å². The molecule has 0 atom stereocenters. The third-order valence-electron chi connectivity index (χ3n) is 5.47. The van der Waals surface area contributed by atoms with Gasteiger partial charge < -0.3 is 24.3 Å². The molecule has 1 aliphatic rings. The Morgan fingerprint density at radius 3 is 2.46 bits per heavy atom. The molecule has 0 radical (unpaired) electrons. The summed E-state index contributed by atoms with van der Waals surface area (Å²) in [4.78, 5) is 26.8. The molecule has 2 aromatic carbocycles. The third kappa shape index (κ3) is 5.86. The largest absolute Gasteiger partial charge is 0.486 e. The van der Waals surface area contributed by atoms with Crippen LogP contribution in [0.4, 0.5) is 16.2 Å². The second-order valence-electron chi connectivity index (χ2n) is 7.73. The summed E-state index contributed by atoms with van der Waals surface area (Å²) in [5, 5.41) is 14.0. The Hall–Kier alpha value is -3.73. The van der Waals surface area contributed by atoms with Gasteiger partial charge in [-0.3, -0.25) is 10.1 Å². The Morgan fingerprint density at radius 2 is 1.74 bits per heavy atom. The van der Waals surface area contributed by atoms with Crippen LogP contribution in [-0.2, 0) is 11.8 Å². The van der Waals surface area contributed by atoms with E-state index >= 15 is 0 Å². The van der Waals surface area contributed by atoms with E-state index in [9.17, 15) is 9.59 Å². The molecule has 0 aliphatic carbocycles. The number of imide groups is 1. The van der Waals surface area contributed by atoms with Crippen LogP contribution in [0.25, 0.3) is 11.4 Å². The SMILES string of the molecule is CCN(CC)c1ccc(-c2nnc(SCC(=O)NC(=O)Nc3ccc4c(c3)OCCO4)n2C)cc1. The molecule has 0 saturated carbocycles. The zero-order chi connectivity index (χ0) is 24.8. The Kier molecular flexibility index (Phi) is 7.76. The molecule has 4 rings (SSSR count). The molecule has 0 spiro atoms. The summed E-state index contributed by atoms with van der Waals surface area (Å²) in [6.07, 6.45) is 0. The number of nitrogens with one attached hydrogen (secondary N) is 2. The minimum atomic E-state index is -0.626. The molecule has 0 fully saturated rings. The van der Waals surface area contributed by atoms with Gasteiger partial charge in [-0.05, 0) is 50.2 Å². The minimum absolute atomic E-state index is 0.0153. The average Bonchev–Trinajstić information content (AvgIpc) is 3.24. The predicted molar refractivity (Wildman–Crippen MR) is 135 cm³/mol. The summed E-state index contributed by atoms with van der Waals surface area (Å²) in [6.45, 7) is 7.07. The molecule has 2 heterocycles. The first-order chi connectivity index (χ1) is 17.0. The fourth-order valence-corrected chi connectivity index (χ4v) is 4.39. The topological polar surface area (TPSA) is 111 Å². The van der Waals surface area contributed by atoms with Crippen molar-refractivity contribution in [3.63, 3.8) is 0 Å². The van der Waals surface area contributed by atoms with Crippen molar-refractivity contribution >= 4 is 35.1 Å². The summed E-state index contributed by atoms with van der Waals surface area (Å²) in [5.41, 5.74) is 2.59. The number of carbonyl (C=O) groups is 2. The maximum Gasteiger partial charge on any atom is 0.325 e. The number of hydrogen-bond donors (Lipinski definition) is 2. The number of fused-ring (bicyclic) bond motifs is 1. The van der Waals surface area contributed by atoms with Crippen LogP contribution >= 0.6 is 11.8 Å². The van der Waals surface area contributed by atoms with E-state index in [1.807, 2.05) is 23.7 Å². The van der Waals surface area contributed by atoms with E-state index in [4.69, 9.17) is 9.47 Å². The van der Waals surface area contributed by atoms with Gasteiger partial charge in [-0.1, -0.05) is 11.8 Å². The van der Waals surface area contributed by atoms with Crippen molar-refractivity contribution in [1.29, 1.82) is 0 Å². The molecule has 0 saturated heterocycles. The van der Waals surface area contributed by atoms with E-state index in [1.165, 1.54) is 11.8 Å². The van der Waals surface area contributed by atoms with Crippen LogP contribution in [0.5, 0.6) is 11.5 Å². The lowest BCUT2D eigenvalue weighted by molar-refractivity contribution is -0.117. The molecular formula is C24H28N6O4S. The first-order valence-electron chi connectivity index (χ1n) is 11.4. The van der Waals surface area contributed by atoms with Gasteiger partial charge in [0.1, 0.15) is 13.2 Å². The molecule has 0 unspecified atom stereocenters. The van der Waals surface area contributed by atoms with Crippen molar-refractivity contribution in [1.82, 2.24) is 20.1 Å². The Morgan fingerprint density at radius 1 is 1.03 bits per heavy atom. The van der Waals surface area contributed by atoms with Gasteiger partial charge in [-0.2, -0.15) is 0 Å². The highest BCUT2D eigenvalue weighted by Gasteiger charge is 2.16. The molecule has 10 nitrogen and oxygen atoms in total. The summed E-state index contributed by atoms with van der Waals surface area (Å²) in [5.74, 6) is 1.45. The molecule has 2 N–H and O–H groups in total. The smallest absolute Gasteiger partial charge is 0.325 e. The molecule has 3 aromatic rings. The van der Waals surface area contributed by atoms with Crippen molar-refractivity contribution in [2.75, 3.05) is 42.3 Å². The number of rotatable bonds is 8. The van der Waals surface area contributed by atoms with Crippen LogP contribution < -0.4 is 25.0 Å². The van der Waals surface area contributed by atoms with Gasteiger partial charge in [0, 0.05) is 43.1 Å². The predicted octanol–water partition coefficient (Wildman–Crippen LogP) is 3.54. The number of hydrogen-bond acceptors (Lipinski definition) is 8. The second kappa shape index (κ2) is 11.1. The van der Waals surface area contributed by atoms with Gasteiger partial charge in [0.2, 0.25) is 5.91 Å². The van der Waals surface area contributed by atoms with Crippen LogP contribution in [0.3, 0.4) is 0 Å². The van der Waals surface area contributed by atoms with Crippen LogP contribution in [0.2, 0.25) is 0 Å². The van der Waals surface area contributed by atoms with E-state index in [1.54, 1.807) is 18.2 Å². The van der Waals surface area contributed by atoms with Crippen LogP contribution in [0.15, 0.2) is 47.6 Å². The van der Waals surface area contributed by atoms with Crippen LogP contribution in [0.1, 0.15) is 13.8 Å². The van der Waals surface area contributed by atoms with Gasteiger partial charge in [-0.15, -0.1) is 10.2 Å². The number of ether oxygens (including phenoxy) is 2. The Labute approximate surface area is 208 Å². The summed E-state index contributed by atoms with van der Waals surface area (Å²) in [6, 6.07) is 12.6. The number of carbonyl (C=O) groups excluding carboxylic acids is 2. The maximum atomic E-state index is 12.3. The van der Waals surface area contributed by atoms with Crippen molar-refractivity contribution < 1.29 is 19.1 Å². The van der Waals surface area contributed by atoms with E-state index in [0.29, 0.717) is 41.4 Å². The summed E-state index contributed by atoms with van der Waals surface area (Å²) < 4.78 is 12.8. The van der Waals surface area contributed by atoms with Gasteiger partial charge in [0.15, 0.2) is 22.5 Å². The lowest BCUT2D eigenvalue weighted by atomic mass is 10.2. The van der Waals surface area contributed by atoms with Crippen molar-refractivity contribution in [3.05, 3.63) is 42.5 Å².